The zero-order valence-electron chi connectivity index (χ0n) is 15.1. The van der Waals surface area contributed by atoms with Crippen molar-refractivity contribution in [3.8, 4) is 11.1 Å². The molecule has 0 aliphatic rings. The molecule has 0 saturated heterocycles. The molecule has 0 saturated carbocycles. The molecule has 3 aromatic carbocycles. The van der Waals surface area contributed by atoms with E-state index in [4.69, 9.17) is 4.74 Å². The fourth-order valence-corrected chi connectivity index (χ4v) is 3.28. The Morgan fingerprint density at radius 1 is 0.852 bits per heavy atom. The van der Waals surface area contributed by atoms with Gasteiger partial charge in [-0.05, 0) is 24.1 Å². The number of ether oxygens (including phenoxy) is 1. The van der Waals surface area contributed by atoms with Gasteiger partial charge in [-0.2, -0.15) is 0 Å². The monoisotopic (exact) mass is 353 g/mol. The van der Waals surface area contributed by atoms with Gasteiger partial charge < -0.3 is 4.74 Å². The maximum atomic E-state index is 13.0. The highest BCUT2D eigenvalue weighted by Gasteiger charge is 2.21. The van der Waals surface area contributed by atoms with Crippen LogP contribution in [0.4, 0.5) is 0 Å². The SMILES string of the molecule is Cc1nc2ccccc2c(-c2ccccc2)c1C(=O)OCc1ccccc1. The second-order valence-corrected chi connectivity index (χ2v) is 6.39. The van der Waals surface area contributed by atoms with Crippen LogP contribution in [0.3, 0.4) is 0 Å². The van der Waals surface area contributed by atoms with E-state index in [1.54, 1.807) is 0 Å². The molecule has 0 amide bonds. The number of pyridine rings is 1. The molecule has 0 spiro atoms. The summed E-state index contributed by atoms with van der Waals surface area (Å²) in [6.07, 6.45) is 0. The van der Waals surface area contributed by atoms with Crippen molar-refractivity contribution in [2.75, 3.05) is 0 Å². The van der Waals surface area contributed by atoms with Crippen molar-refractivity contribution in [2.24, 2.45) is 0 Å². The first-order valence-corrected chi connectivity index (χ1v) is 8.90. The van der Waals surface area contributed by atoms with E-state index in [0.29, 0.717) is 11.3 Å². The molecule has 0 aliphatic carbocycles. The summed E-state index contributed by atoms with van der Waals surface area (Å²) in [4.78, 5) is 17.7. The van der Waals surface area contributed by atoms with Gasteiger partial charge >= 0.3 is 5.97 Å². The molecular formula is C24H19NO2. The van der Waals surface area contributed by atoms with Crippen LogP contribution in [-0.4, -0.2) is 11.0 Å². The van der Waals surface area contributed by atoms with E-state index in [-0.39, 0.29) is 12.6 Å². The van der Waals surface area contributed by atoms with Gasteiger partial charge in [-0.1, -0.05) is 78.9 Å². The van der Waals surface area contributed by atoms with Crippen LogP contribution in [0, 0.1) is 6.92 Å². The Morgan fingerprint density at radius 3 is 2.22 bits per heavy atom. The Labute approximate surface area is 158 Å². The van der Waals surface area contributed by atoms with Gasteiger partial charge in [-0.15, -0.1) is 0 Å². The minimum Gasteiger partial charge on any atom is -0.457 e. The van der Waals surface area contributed by atoms with E-state index in [0.717, 1.165) is 27.6 Å². The first-order valence-electron chi connectivity index (χ1n) is 8.90. The molecule has 0 N–H and O–H groups in total. The number of hydrogen-bond donors (Lipinski definition) is 0. The van der Waals surface area contributed by atoms with E-state index in [1.165, 1.54) is 0 Å². The minimum atomic E-state index is -0.353. The molecule has 4 rings (SSSR count). The standard InChI is InChI=1S/C24H19NO2/c1-17-22(24(26)27-16-18-10-4-2-5-11-18)23(19-12-6-3-7-13-19)20-14-8-9-15-21(20)25-17/h2-15H,16H2,1H3. The van der Waals surface area contributed by atoms with Crippen LogP contribution < -0.4 is 0 Å². The fraction of sp³-hybridized carbons (Fsp3) is 0.0833. The first-order chi connectivity index (χ1) is 13.2. The van der Waals surface area contributed by atoms with Crippen LogP contribution in [0.1, 0.15) is 21.6 Å². The lowest BCUT2D eigenvalue weighted by Gasteiger charge is -2.15. The normalized spacial score (nSPS) is 10.7. The molecule has 1 heterocycles. The van der Waals surface area contributed by atoms with Crippen LogP contribution >= 0.6 is 0 Å². The summed E-state index contributed by atoms with van der Waals surface area (Å²) < 4.78 is 5.63. The summed E-state index contributed by atoms with van der Waals surface area (Å²) >= 11 is 0. The Morgan fingerprint density at radius 2 is 1.48 bits per heavy atom. The second-order valence-electron chi connectivity index (χ2n) is 6.39. The molecule has 0 aliphatic heterocycles. The van der Waals surface area contributed by atoms with E-state index >= 15 is 0 Å². The average Bonchev–Trinajstić information content (AvgIpc) is 2.72. The molecule has 0 fully saturated rings. The number of benzene rings is 3. The highest BCUT2D eigenvalue weighted by atomic mass is 16.5. The van der Waals surface area contributed by atoms with Crippen LogP contribution in [0.15, 0.2) is 84.9 Å². The van der Waals surface area contributed by atoms with Crippen molar-refractivity contribution in [2.45, 2.75) is 13.5 Å². The van der Waals surface area contributed by atoms with Crippen molar-refractivity contribution in [3.63, 3.8) is 0 Å². The largest absolute Gasteiger partial charge is 0.457 e. The number of para-hydroxylation sites is 1. The van der Waals surface area contributed by atoms with Crippen molar-refractivity contribution in [3.05, 3.63) is 102 Å². The third kappa shape index (κ3) is 3.44. The lowest BCUT2D eigenvalue weighted by molar-refractivity contribution is 0.0472. The van der Waals surface area contributed by atoms with Gasteiger partial charge in [0, 0.05) is 10.9 Å². The van der Waals surface area contributed by atoms with Crippen molar-refractivity contribution in [1.82, 2.24) is 4.98 Å². The summed E-state index contributed by atoms with van der Waals surface area (Å²) in [5, 5.41) is 0.945. The predicted octanol–water partition coefficient (Wildman–Crippen LogP) is 5.57. The van der Waals surface area contributed by atoms with Crippen molar-refractivity contribution < 1.29 is 9.53 Å². The Bertz CT molecular complexity index is 1090. The zero-order chi connectivity index (χ0) is 18.6. The fourth-order valence-electron chi connectivity index (χ4n) is 3.28. The smallest absolute Gasteiger partial charge is 0.340 e. The molecule has 1 aromatic heterocycles. The lowest BCUT2D eigenvalue weighted by atomic mass is 9.94. The number of nitrogens with zero attached hydrogens (tertiary/aromatic N) is 1. The minimum absolute atomic E-state index is 0.236. The predicted molar refractivity (Wildman–Crippen MR) is 107 cm³/mol. The molecular weight excluding hydrogens is 334 g/mol. The summed E-state index contributed by atoms with van der Waals surface area (Å²) in [7, 11) is 0. The third-order valence-corrected chi connectivity index (χ3v) is 4.55. The summed E-state index contributed by atoms with van der Waals surface area (Å²) in [5.74, 6) is -0.353. The van der Waals surface area contributed by atoms with Crippen molar-refractivity contribution >= 4 is 16.9 Å². The van der Waals surface area contributed by atoms with Gasteiger partial charge in [0.05, 0.1) is 16.8 Å². The molecule has 132 valence electrons. The molecule has 3 nitrogen and oxygen atoms in total. The second kappa shape index (κ2) is 7.42. The highest BCUT2D eigenvalue weighted by molar-refractivity contribution is 6.07. The third-order valence-electron chi connectivity index (χ3n) is 4.55. The van der Waals surface area contributed by atoms with Crippen LogP contribution in [0.2, 0.25) is 0 Å². The van der Waals surface area contributed by atoms with Gasteiger partial charge in [0.2, 0.25) is 0 Å². The molecule has 4 aromatic rings. The summed E-state index contributed by atoms with van der Waals surface area (Å²) in [6.45, 7) is 2.10. The molecule has 0 atom stereocenters. The topological polar surface area (TPSA) is 39.2 Å². The van der Waals surface area contributed by atoms with Gasteiger partial charge in [-0.3, -0.25) is 4.98 Å². The van der Waals surface area contributed by atoms with Crippen molar-refractivity contribution in [1.29, 1.82) is 0 Å². The summed E-state index contributed by atoms with van der Waals surface area (Å²) in [6, 6.07) is 27.5. The lowest BCUT2D eigenvalue weighted by Crippen LogP contribution is -2.11. The molecule has 0 radical (unpaired) electrons. The van der Waals surface area contributed by atoms with Gasteiger partial charge in [-0.25, -0.2) is 4.79 Å². The van der Waals surface area contributed by atoms with E-state index in [2.05, 4.69) is 4.98 Å². The highest BCUT2D eigenvalue weighted by Crippen LogP contribution is 2.33. The maximum Gasteiger partial charge on any atom is 0.340 e. The number of carbonyl (C=O) groups excluding carboxylic acids is 1. The van der Waals surface area contributed by atoms with Gasteiger partial charge in [0.15, 0.2) is 0 Å². The average molecular weight is 353 g/mol. The molecule has 3 heteroatoms. The first kappa shape index (κ1) is 17.0. The number of aryl methyl sites for hydroxylation is 1. The Balaban J connectivity index is 1.82. The number of hydrogen-bond acceptors (Lipinski definition) is 3. The number of carbonyl (C=O) groups is 1. The quantitative estimate of drug-likeness (QED) is 0.450. The molecule has 0 bridgehead atoms. The Hall–Kier alpha value is -3.46. The number of aromatic nitrogens is 1. The van der Waals surface area contributed by atoms with Crippen LogP contribution in [0.25, 0.3) is 22.0 Å². The Kier molecular flexibility index (Phi) is 4.67. The van der Waals surface area contributed by atoms with E-state index in [9.17, 15) is 4.79 Å². The summed E-state index contributed by atoms with van der Waals surface area (Å²) in [5.41, 5.74) is 4.87. The number of esters is 1. The zero-order valence-corrected chi connectivity index (χ0v) is 15.1. The van der Waals surface area contributed by atoms with E-state index in [1.807, 2.05) is 91.9 Å². The maximum absolute atomic E-state index is 13.0. The number of fused-ring (bicyclic) bond motifs is 1. The molecule has 27 heavy (non-hydrogen) atoms. The van der Waals surface area contributed by atoms with Gasteiger partial charge in [0.1, 0.15) is 6.61 Å². The number of rotatable bonds is 4. The van der Waals surface area contributed by atoms with Crippen LogP contribution in [-0.2, 0) is 11.3 Å². The van der Waals surface area contributed by atoms with Crippen LogP contribution in [0.5, 0.6) is 0 Å². The molecule has 0 unspecified atom stereocenters. The van der Waals surface area contributed by atoms with E-state index < -0.39 is 0 Å². The van der Waals surface area contributed by atoms with Gasteiger partial charge in [0.25, 0.3) is 0 Å².